The zero-order chi connectivity index (χ0) is 12.1. The lowest BCUT2D eigenvalue weighted by Crippen LogP contribution is -2.30. The van der Waals surface area contributed by atoms with Crippen LogP contribution in [0.3, 0.4) is 0 Å². The summed E-state index contributed by atoms with van der Waals surface area (Å²) in [5, 5.41) is 9.81. The molecule has 1 aromatic rings. The predicted octanol–water partition coefficient (Wildman–Crippen LogP) is 0.582. The summed E-state index contributed by atoms with van der Waals surface area (Å²) < 4.78 is 9.84. The molecule has 7 heteroatoms. The molecule has 0 saturated carbocycles. The normalized spacial score (nSPS) is 18.4. The van der Waals surface area contributed by atoms with E-state index in [1.807, 2.05) is 0 Å². The van der Waals surface area contributed by atoms with E-state index in [1.54, 1.807) is 13.2 Å². The van der Waals surface area contributed by atoms with E-state index >= 15 is 0 Å². The molecule has 1 saturated heterocycles. The van der Waals surface area contributed by atoms with Crippen LogP contribution in [0.4, 0.5) is 0 Å². The summed E-state index contributed by atoms with van der Waals surface area (Å²) in [7, 11) is 1.56. The van der Waals surface area contributed by atoms with Crippen molar-refractivity contribution in [2.75, 3.05) is 26.7 Å². The summed E-state index contributed by atoms with van der Waals surface area (Å²) in [5.41, 5.74) is 0.308. The van der Waals surface area contributed by atoms with Crippen molar-refractivity contribution in [2.45, 2.75) is 13.0 Å². The molecule has 0 radical (unpaired) electrons. The summed E-state index contributed by atoms with van der Waals surface area (Å²) in [6.45, 7) is 3.00. The van der Waals surface area contributed by atoms with Gasteiger partial charge in [-0.3, -0.25) is 4.79 Å². The molecule has 18 heavy (non-hydrogen) atoms. The number of aromatic nitrogens is 1. The highest BCUT2D eigenvalue weighted by Gasteiger charge is 2.17. The average Bonchev–Trinajstić information content (AvgIpc) is 2.97. The minimum atomic E-state index is -0.192. The fourth-order valence-electron chi connectivity index (χ4n) is 1.85. The number of carbonyl (C=O) groups excluding carboxylic acids is 1. The number of hydrogen-bond donors (Lipinski definition) is 2. The van der Waals surface area contributed by atoms with Gasteiger partial charge in [-0.2, -0.15) is 0 Å². The number of rotatable bonds is 5. The van der Waals surface area contributed by atoms with Crippen molar-refractivity contribution in [2.24, 2.45) is 5.92 Å². The summed E-state index contributed by atoms with van der Waals surface area (Å²) in [6, 6.07) is 1.60. The number of ether oxygens (including phenoxy) is 1. The Morgan fingerprint density at radius 1 is 1.72 bits per heavy atom. The van der Waals surface area contributed by atoms with E-state index in [0.717, 1.165) is 19.5 Å². The van der Waals surface area contributed by atoms with Crippen LogP contribution in [0.2, 0.25) is 0 Å². The average molecular weight is 276 g/mol. The van der Waals surface area contributed by atoms with Crippen LogP contribution >= 0.6 is 12.4 Å². The quantitative estimate of drug-likeness (QED) is 0.822. The van der Waals surface area contributed by atoms with E-state index in [0.29, 0.717) is 30.5 Å². The molecule has 0 spiro atoms. The molecule has 1 aromatic heterocycles. The molecule has 1 aliphatic heterocycles. The van der Waals surface area contributed by atoms with Crippen molar-refractivity contribution >= 4 is 18.3 Å². The number of carbonyl (C=O) groups is 1. The predicted molar refractivity (Wildman–Crippen MR) is 67.8 cm³/mol. The Hall–Kier alpha value is -1.11. The molecule has 6 nitrogen and oxygen atoms in total. The largest absolute Gasteiger partial charge is 0.377 e. The third-order valence-electron chi connectivity index (χ3n) is 2.79. The van der Waals surface area contributed by atoms with Gasteiger partial charge < -0.3 is 19.9 Å². The highest BCUT2D eigenvalue weighted by atomic mass is 35.5. The van der Waals surface area contributed by atoms with Gasteiger partial charge in [-0.1, -0.05) is 5.16 Å². The number of halogens is 1. The molecule has 0 aromatic carbocycles. The summed E-state index contributed by atoms with van der Waals surface area (Å²) in [5.74, 6) is 0.882. The minimum Gasteiger partial charge on any atom is -0.377 e. The monoisotopic (exact) mass is 275 g/mol. The Morgan fingerprint density at radius 2 is 2.56 bits per heavy atom. The molecule has 1 aliphatic rings. The van der Waals surface area contributed by atoms with Gasteiger partial charge in [-0.25, -0.2) is 0 Å². The second kappa shape index (κ2) is 7.35. The van der Waals surface area contributed by atoms with E-state index in [4.69, 9.17) is 9.26 Å². The SMILES string of the molecule is COCc1cc(C(=O)NCC2CCNC2)no1.Cl. The first-order valence-corrected chi connectivity index (χ1v) is 5.73. The second-order valence-electron chi connectivity index (χ2n) is 4.18. The lowest BCUT2D eigenvalue weighted by Gasteiger charge is -2.08. The summed E-state index contributed by atoms with van der Waals surface area (Å²) >= 11 is 0. The minimum absolute atomic E-state index is 0. The van der Waals surface area contributed by atoms with Gasteiger partial charge in [0.15, 0.2) is 11.5 Å². The first-order chi connectivity index (χ1) is 8.29. The maximum atomic E-state index is 11.7. The topological polar surface area (TPSA) is 76.4 Å². The third-order valence-corrected chi connectivity index (χ3v) is 2.79. The van der Waals surface area contributed by atoms with Gasteiger partial charge in [-0.05, 0) is 25.4 Å². The van der Waals surface area contributed by atoms with Crippen LogP contribution < -0.4 is 10.6 Å². The van der Waals surface area contributed by atoms with E-state index in [1.165, 1.54) is 0 Å². The van der Waals surface area contributed by atoms with E-state index in [2.05, 4.69) is 15.8 Å². The van der Waals surface area contributed by atoms with Crippen molar-refractivity contribution in [3.8, 4) is 0 Å². The van der Waals surface area contributed by atoms with Crippen molar-refractivity contribution in [1.29, 1.82) is 0 Å². The van der Waals surface area contributed by atoms with Crippen LogP contribution in [0.15, 0.2) is 10.6 Å². The molecule has 1 fully saturated rings. The van der Waals surface area contributed by atoms with Gasteiger partial charge in [0, 0.05) is 19.7 Å². The molecule has 2 heterocycles. The van der Waals surface area contributed by atoms with Crippen LogP contribution in [0.25, 0.3) is 0 Å². The van der Waals surface area contributed by atoms with E-state index in [9.17, 15) is 4.79 Å². The smallest absolute Gasteiger partial charge is 0.273 e. The van der Waals surface area contributed by atoms with E-state index in [-0.39, 0.29) is 18.3 Å². The molecule has 0 aliphatic carbocycles. The van der Waals surface area contributed by atoms with Crippen molar-refractivity contribution in [1.82, 2.24) is 15.8 Å². The van der Waals surface area contributed by atoms with Crippen molar-refractivity contribution < 1.29 is 14.1 Å². The number of methoxy groups -OCH3 is 1. The summed E-state index contributed by atoms with van der Waals surface area (Å²) in [6.07, 6.45) is 1.11. The fraction of sp³-hybridized carbons (Fsp3) is 0.636. The Balaban J connectivity index is 0.00000162. The van der Waals surface area contributed by atoms with Crippen LogP contribution in [0.5, 0.6) is 0 Å². The standard InChI is InChI=1S/C11H17N3O3.ClH/c1-16-7-9-4-10(14-17-9)11(15)13-6-8-2-3-12-5-8;/h4,8,12H,2-3,5-7H2,1H3,(H,13,15);1H. The van der Waals surface area contributed by atoms with Crippen molar-refractivity contribution in [3.63, 3.8) is 0 Å². The zero-order valence-electron chi connectivity index (χ0n) is 10.3. The number of hydrogen-bond acceptors (Lipinski definition) is 5. The van der Waals surface area contributed by atoms with E-state index < -0.39 is 0 Å². The first kappa shape index (κ1) is 14.9. The van der Waals surface area contributed by atoms with Crippen LogP contribution in [-0.2, 0) is 11.3 Å². The fourth-order valence-corrected chi connectivity index (χ4v) is 1.85. The highest BCUT2D eigenvalue weighted by Crippen LogP contribution is 2.07. The van der Waals surface area contributed by atoms with Gasteiger partial charge in [0.2, 0.25) is 0 Å². The Bertz CT molecular complexity index is 377. The highest BCUT2D eigenvalue weighted by molar-refractivity contribution is 5.92. The van der Waals surface area contributed by atoms with Crippen LogP contribution in [0, 0.1) is 5.92 Å². The molecule has 1 unspecified atom stereocenters. The Morgan fingerprint density at radius 3 is 3.22 bits per heavy atom. The van der Waals surface area contributed by atoms with Crippen LogP contribution in [-0.4, -0.2) is 37.8 Å². The lowest BCUT2D eigenvalue weighted by molar-refractivity contribution is 0.0938. The second-order valence-corrected chi connectivity index (χ2v) is 4.18. The molecule has 102 valence electrons. The van der Waals surface area contributed by atoms with Crippen LogP contribution in [0.1, 0.15) is 22.7 Å². The molecule has 1 amide bonds. The maximum absolute atomic E-state index is 11.7. The molecule has 2 N–H and O–H groups in total. The Labute approximate surface area is 112 Å². The maximum Gasteiger partial charge on any atom is 0.273 e. The summed E-state index contributed by atoms with van der Waals surface area (Å²) in [4.78, 5) is 11.7. The third kappa shape index (κ3) is 3.97. The van der Waals surface area contributed by atoms with Gasteiger partial charge in [-0.15, -0.1) is 12.4 Å². The molecular formula is C11H18ClN3O3. The van der Waals surface area contributed by atoms with Gasteiger partial charge in [0.1, 0.15) is 6.61 Å². The molecule has 1 atom stereocenters. The lowest BCUT2D eigenvalue weighted by atomic mass is 10.1. The zero-order valence-corrected chi connectivity index (χ0v) is 11.1. The Kier molecular flexibility index (Phi) is 6.11. The number of nitrogens with one attached hydrogen (secondary N) is 2. The number of nitrogens with zero attached hydrogens (tertiary/aromatic N) is 1. The van der Waals surface area contributed by atoms with Gasteiger partial charge in [0.05, 0.1) is 0 Å². The molecule has 0 bridgehead atoms. The van der Waals surface area contributed by atoms with Gasteiger partial charge in [0.25, 0.3) is 5.91 Å². The first-order valence-electron chi connectivity index (χ1n) is 5.73. The molecular weight excluding hydrogens is 258 g/mol. The van der Waals surface area contributed by atoms with Crippen molar-refractivity contribution in [3.05, 3.63) is 17.5 Å². The van der Waals surface area contributed by atoms with Gasteiger partial charge >= 0.3 is 0 Å². The molecule has 2 rings (SSSR count). The number of amides is 1.